The second kappa shape index (κ2) is 8.61. The van der Waals surface area contributed by atoms with Crippen LogP contribution < -0.4 is 10.6 Å². The van der Waals surface area contributed by atoms with E-state index in [0.29, 0.717) is 22.8 Å². The predicted octanol–water partition coefficient (Wildman–Crippen LogP) is 1.89. The summed E-state index contributed by atoms with van der Waals surface area (Å²) in [6.45, 7) is 5.17. The molecule has 1 fully saturated rings. The molecule has 142 valence electrons. The zero-order chi connectivity index (χ0) is 19.2. The van der Waals surface area contributed by atoms with Crippen LogP contribution in [-0.2, 0) is 4.74 Å². The minimum atomic E-state index is 0.552. The van der Waals surface area contributed by atoms with Crippen molar-refractivity contribution in [3.05, 3.63) is 42.4 Å². The molecule has 1 aromatic carbocycles. The highest BCUT2D eigenvalue weighted by Gasteiger charge is 2.11. The average molecular weight is 375 g/mol. The summed E-state index contributed by atoms with van der Waals surface area (Å²) in [6, 6.07) is 7.59. The van der Waals surface area contributed by atoms with Crippen LogP contribution in [0.15, 0.2) is 36.8 Å². The Morgan fingerprint density at radius 1 is 1.18 bits per heavy atom. The number of fused-ring (bicyclic) bond motifs is 1. The van der Waals surface area contributed by atoms with Crippen LogP contribution in [0.5, 0.6) is 0 Å². The number of benzene rings is 1. The van der Waals surface area contributed by atoms with E-state index in [4.69, 9.17) is 11.2 Å². The highest BCUT2D eigenvalue weighted by Crippen LogP contribution is 2.22. The fourth-order valence-electron chi connectivity index (χ4n) is 3.00. The van der Waals surface area contributed by atoms with E-state index in [1.807, 2.05) is 24.3 Å². The minimum Gasteiger partial charge on any atom is -0.379 e. The summed E-state index contributed by atoms with van der Waals surface area (Å²) in [6.07, 6.45) is 8.67. The van der Waals surface area contributed by atoms with Crippen molar-refractivity contribution in [2.45, 2.75) is 0 Å². The van der Waals surface area contributed by atoms with E-state index in [0.717, 1.165) is 50.6 Å². The van der Waals surface area contributed by atoms with Gasteiger partial charge in [0.2, 0.25) is 5.95 Å². The van der Waals surface area contributed by atoms with Crippen molar-refractivity contribution in [1.82, 2.24) is 24.8 Å². The van der Waals surface area contributed by atoms with Gasteiger partial charge in [-0.3, -0.25) is 4.90 Å². The Balaban J connectivity index is 1.49. The molecule has 2 aromatic heterocycles. The van der Waals surface area contributed by atoms with Crippen LogP contribution in [0, 0.1) is 12.3 Å². The standard InChI is InChI=1S/C20H21N7O/c1-2-15-4-3-5-16(12-15)25-19-18-17(23-14-24-19)13-22-20(26-18)21-6-7-27-8-10-28-11-9-27/h1,3-5,12-14H,6-11H2,(H,21,22,26)(H,23,24,25). The van der Waals surface area contributed by atoms with Gasteiger partial charge in [0.15, 0.2) is 5.82 Å². The van der Waals surface area contributed by atoms with Gasteiger partial charge in [0.1, 0.15) is 17.4 Å². The van der Waals surface area contributed by atoms with Gasteiger partial charge in [-0.1, -0.05) is 12.0 Å². The molecule has 1 saturated heterocycles. The molecule has 0 radical (unpaired) electrons. The van der Waals surface area contributed by atoms with E-state index >= 15 is 0 Å². The van der Waals surface area contributed by atoms with E-state index in [-0.39, 0.29) is 0 Å². The van der Waals surface area contributed by atoms with Crippen molar-refractivity contribution >= 4 is 28.5 Å². The first-order valence-corrected chi connectivity index (χ1v) is 9.17. The molecule has 0 unspecified atom stereocenters. The molecule has 1 aliphatic heterocycles. The highest BCUT2D eigenvalue weighted by molar-refractivity contribution is 5.87. The maximum Gasteiger partial charge on any atom is 0.223 e. The van der Waals surface area contributed by atoms with Crippen molar-refractivity contribution in [3.63, 3.8) is 0 Å². The summed E-state index contributed by atoms with van der Waals surface area (Å²) < 4.78 is 5.37. The summed E-state index contributed by atoms with van der Waals surface area (Å²) in [4.78, 5) is 19.9. The van der Waals surface area contributed by atoms with Crippen LogP contribution in [0.2, 0.25) is 0 Å². The van der Waals surface area contributed by atoms with Gasteiger partial charge in [-0.05, 0) is 18.2 Å². The van der Waals surface area contributed by atoms with Crippen LogP contribution >= 0.6 is 0 Å². The zero-order valence-corrected chi connectivity index (χ0v) is 15.4. The fraction of sp³-hybridized carbons (Fsp3) is 0.300. The van der Waals surface area contributed by atoms with E-state index in [2.05, 4.69) is 41.4 Å². The first-order valence-electron chi connectivity index (χ1n) is 9.17. The van der Waals surface area contributed by atoms with Gasteiger partial charge in [0, 0.05) is 37.4 Å². The molecule has 0 atom stereocenters. The number of hydrogen-bond acceptors (Lipinski definition) is 8. The third kappa shape index (κ3) is 4.34. The Hall–Kier alpha value is -3.28. The van der Waals surface area contributed by atoms with Gasteiger partial charge >= 0.3 is 0 Å². The largest absolute Gasteiger partial charge is 0.379 e. The smallest absolute Gasteiger partial charge is 0.223 e. The van der Waals surface area contributed by atoms with Crippen LogP contribution in [-0.4, -0.2) is 64.2 Å². The molecule has 0 bridgehead atoms. The summed E-state index contributed by atoms with van der Waals surface area (Å²) in [5.41, 5.74) is 2.96. The van der Waals surface area contributed by atoms with Gasteiger partial charge in [-0.25, -0.2) is 19.9 Å². The van der Waals surface area contributed by atoms with Crippen molar-refractivity contribution in [2.75, 3.05) is 50.0 Å². The van der Waals surface area contributed by atoms with Gasteiger partial charge in [0.05, 0.1) is 19.4 Å². The van der Waals surface area contributed by atoms with Crippen molar-refractivity contribution in [3.8, 4) is 12.3 Å². The molecule has 0 amide bonds. The Morgan fingerprint density at radius 2 is 2.07 bits per heavy atom. The molecule has 2 N–H and O–H groups in total. The predicted molar refractivity (Wildman–Crippen MR) is 109 cm³/mol. The molecular formula is C20H21N7O. The third-order valence-electron chi connectivity index (χ3n) is 4.48. The van der Waals surface area contributed by atoms with Crippen LogP contribution in [0.3, 0.4) is 0 Å². The summed E-state index contributed by atoms with van der Waals surface area (Å²) >= 11 is 0. The van der Waals surface area contributed by atoms with Crippen molar-refractivity contribution in [2.24, 2.45) is 0 Å². The molecule has 28 heavy (non-hydrogen) atoms. The van der Waals surface area contributed by atoms with Crippen LogP contribution in [0.4, 0.5) is 17.5 Å². The number of terminal acetylenes is 1. The Morgan fingerprint density at radius 3 is 2.93 bits per heavy atom. The molecular weight excluding hydrogens is 354 g/mol. The third-order valence-corrected chi connectivity index (χ3v) is 4.48. The number of morpholine rings is 1. The number of hydrogen-bond donors (Lipinski definition) is 2. The second-order valence-electron chi connectivity index (χ2n) is 6.38. The zero-order valence-electron chi connectivity index (χ0n) is 15.4. The number of rotatable bonds is 6. The lowest BCUT2D eigenvalue weighted by molar-refractivity contribution is 0.0398. The van der Waals surface area contributed by atoms with E-state index in [1.54, 1.807) is 6.20 Å². The average Bonchev–Trinajstić information content (AvgIpc) is 2.75. The molecule has 3 aromatic rings. The van der Waals surface area contributed by atoms with E-state index in [9.17, 15) is 0 Å². The summed E-state index contributed by atoms with van der Waals surface area (Å²) in [5.74, 6) is 3.79. The SMILES string of the molecule is C#Cc1cccc(Nc2ncnc3cnc(NCCN4CCOCC4)nc23)c1. The molecule has 0 saturated carbocycles. The van der Waals surface area contributed by atoms with Crippen LogP contribution in [0.1, 0.15) is 5.56 Å². The molecule has 0 aliphatic carbocycles. The number of anilines is 3. The number of ether oxygens (including phenoxy) is 1. The summed E-state index contributed by atoms with van der Waals surface area (Å²) in [5, 5.41) is 6.55. The van der Waals surface area contributed by atoms with Crippen molar-refractivity contribution < 1.29 is 4.74 Å². The second-order valence-corrected chi connectivity index (χ2v) is 6.38. The number of aromatic nitrogens is 4. The van der Waals surface area contributed by atoms with Crippen molar-refractivity contribution in [1.29, 1.82) is 0 Å². The Bertz CT molecular complexity index is 995. The molecule has 0 spiro atoms. The molecule has 4 rings (SSSR count). The van der Waals surface area contributed by atoms with Crippen LogP contribution in [0.25, 0.3) is 11.0 Å². The Kier molecular flexibility index (Phi) is 5.56. The lowest BCUT2D eigenvalue weighted by atomic mass is 10.2. The summed E-state index contributed by atoms with van der Waals surface area (Å²) in [7, 11) is 0. The van der Waals surface area contributed by atoms with Gasteiger partial charge < -0.3 is 15.4 Å². The van der Waals surface area contributed by atoms with E-state index < -0.39 is 0 Å². The maximum absolute atomic E-state index is 5.48. The molecule has 1 aliphatic rings. The van der Waals surface area contributed by atoms with Gasteiger partial charge in [-0.15, -0.1) is 6.42 Å². The normalized spacial score (nSPS) is 14.5. The quantitative estimate of drug-likeness (QED) is 0.632. The molecule has 8 nitrogen and oxygen atoms in total. The lowest BCUT2D eigenvalue weighted by Crippen LogP contribution is -2.39. The molecule has 8 heteroatoms. The van der Waals surface area contributed by atoms with E-state index in [1.165, 1.54) is 6.33 Å². The number of nitrogens with zero attached hydrogens (tertiary/aromatic N) is 5. The fourth-order valence-corrected chi connectivity index (χ4v) is 3.00. The Labute approximate surface area is 163 Å². The highest BCUT2D eigenvalue weighted by atomic mass is 16.5. The minimum absolute atomic E-state index is 0.552. The first kappa shape index (κ1) is 18.1. The monoisotopic (exact) mass is 375 g/mol. The van der Waals surface area contributed by atoms with Gasteiger partial charge in [0.25, 0.3) is 0 Å². The number of nitrogens with one attached hydrogen (secondary N) is 2. The lowest BCUT2D eigenvalue weighted by Gasteiger charge is -2.26. The topological polar surface area (TPSA) is 88.1 Å². The first-order chi connectivity index (χ1) is 13.8. The maximum atomic E-state index is 5.48. The molecule has 3 heterocycles. The van der Waals surface area contributed by atoms with Gasteiger partial charge in [-0.2, -0.15) is 0 Å².